The Bertz CT molecular complexity index is 707. The molecule has 0 unspecified atom stereocenters. The molecule has 1 aromatic carbocycles. The predicted octanol–water partition coefficient (Wildman–Crippen LogP) is 1.09. The molecule has 0 aromatic heterocycles. The minimum atomic E-state index is -3.23. The first-order chi connectivity index (χ1) is 11.3. The lowest BCUT2D eigenvalue weighted by atomic mass is 9.98. The van der Waals surface area contributed by atoms with Crippen LogP contribution in [-0.4, -0.2) is 57.5 Å². The average molecular weight is 355 g/mol. The summed E-state index contributed by atoms with van der Waals surface area (Å²) in [6.45, 7) is 0.226. The van der Waals surface area contributed by atoms with Gasteiger partial charge in [0, 0.05) is 13.1 Å². The minimum absolute atomic E-state index is 0.291. The van der Waals surface area contributed by atoms with Crippen LogP contribution in [0, 0.1) is 5.92 Å². The second kappa shape index (κ2) is 7.76. The van der Waals surface area contributed by atoms with Gasteiger partial charge in [0.2, 0.25) is 15.8 Å². The normalized spacial score (nSPS) is 16.6. The summed E-state index contributed by atoms with van der Waals surface area (Å²) in [5.41, 5.74) is 0.361. The molecular weight excluding hydrogens is 334 g/mol. The largest absolute Gasteiger partial charge is 0.496 e. The fraction of sp³-hybridized carbons (Fsp3) is 0.500. The van der Waals surface area contributed by atoms with Crippen molar-refractivity contribution in [3.05, 3.63) is 29.8 Å². The Hall–Kier alpha value is -1.93. The molecule has 0 saturated carbocycles. The molecule has 1 aliphatic heterocycles. The first kappa shape index (κ1) is 18.4. The van der Waals surface area contributed by atoms with Crippen molar-refractivity contribution in [1.82, 2.24) is 4.31 Å². The van der Waals surface area contributed by atoms with E-state index in [0.717, 1.165) is 6.26 Å². The Balaban J connectivity index is 1.87. The van der Waals surface area contributed by atoms with Crippen LogP contribution in [0.5, 0.6) is 5.75 Å². The van der Waals surface area contributed by atoms with Crippen LogP contribution in [0.2, 0.25) is 0 Å². The highest BCUT2D eigenvalue weighted by molar-refractivity contribution is 7.88. The van der Waals surface area contributed by atoms with E-state index in [9.17, 15) is 18.0 Å². The zero-order valence-electron chi connectivity index (χ0n) is 13.7. The van der Waals surface area contributed by atoms with E-state index < -0.39 is 16.0 Å². The highest BCUT2D eigenvalue weighted by Crippen LogP contribution is 2.21. The zero-order chi connectivity index (χ0) is 17.7. The van der Waals surface area contributed by atoms with Gasteiger partial charge in [-0.25, -0.2) is 12.7 Å². The molecule has 0 amide bonds. The van der Waals surface area contributed by atoms with Crippen molar-refractivity contribution in [3.63, 3.8) is 0 Å². The van der Waals surface area contributed by atoms with Gasteiger partial charge in [-0.2, -0.15) is 0 Å². The van der Waals surface area contributed by atoms with Crippen molar-refractivity contribution >= 4 is 21.8 Å². The molecular formula is C16H21NO6S. The van der Waals surface area contributed by atoms with Crippen molar-refractivity contribution in [3.8, 4) is 5.75 Å². The summed E-state index contributed by atoms with van der Waals surface area (Å²) in [4.78, 5) is 24.2. The van der Waals surface area contributed by atoms with Crippen molar-refractivity contribution in [2.75, 3.05) is 33.1 Å². The number of sulfonamides is 1. The lowest BCUT2D eigenvalue weighted by molar-refractivity contribution is -0.148. The van der Waals surface area contributed by atoms with Crippen LogP contribution in [0.3, 0.4) is 0 Å². The molecule has 0 aliphatic carbocycles. The average Bonchev–Trinajstić information content (AvgIpc) is 2.58. The number of methoxy groups -OCH3 is 1. The van der Waals surface area contributed by atoms with Crippen LogP contribution in [0.25, 0.3) is 0 Å². The molecule has 2 rings (SSSR count). The highest BCUT2D eigenvalue weighted by Gasteiger charge is 2.30. The zero-order valence-corrected chi connectivity index (χ0v) is 14.5. The van der Waals surface area contributed by atoms with E-state index in [4.69, 9.17) is 9.47 Å². The molecule has 1 aliphatic rings. The Morgan fingerprint density at radius 1 is 1.21 bits per heavy atom. The molecule has 0 bridgehead atoms. The van der Waals surface area contributed by atoms with Crippen LogP contribution in [0.4, 0.5) is 0 Å². The maximum atomic E-state index is 12.2. The molecule has 8 heteroatoms. The van der Waals surface area contributed by atoms with Gasteiger partial charge in [-0.1, -0.05) is 12.1 Å². The molecule has 7 nitrogen and oxygen atoms in total. The summed E-state index contributed by atoms with van der Waals surface area (Å²) in [5, 5.41) is 0. The maximum absolute atomic E-state index is 12.2. The van der Waals surface area contributed by atoms with E-state index in [1.165, 1.54) is 11.4 Å². The molecule has 132 valence electrons. The molecule has 0 radical (unpaired) electrons. The Morgan fingerprint density at radius 2 is 1.83 bits per heavy atom. The summed E-state index contributed by atoms with van der Waals surface area (Å²) in [5.74, 6) is -0.755. The molecule has 0 spiro atoms. The smallest absolute Gasteiger partial charge is 0.309 e. The number of hydrogen-bond acceptors (Lipinski definition) is 6. The number of carbonyl (C=O) groups excluding carboxylic acids is 2. The van der Waals surface area contributed by atoms with Crippen molar-refractivity contribution in [2.24, 2.45) is 5.92 Å². The number of esters is 1. The third-order valence-corrected chi connectivity index (χ3v) is 5.31. The third kappa shape index (κ3) is 4.55. The Morgan fingerprint density at radius 3 is 2.42 bits per heavy atom. The monoisotopic (exact) mass is 355 g/mol. The number of ether oxygens (including phenoxy) is 2. The number of rotatable bonds is 6. The number of carbonyl (C=O) groups is 2. The van der Waals surface area contributed by atoms with Crippen LogP contribution >= 0.6 is 0 Å². The molecule has 0 N–H and O–H groups in total. The first-order valence-electron chi connectivity index (χ1n) is 7.61. The van der Waals surface area contributed by atoms with Crippen LogP contribution in [0.15, 0.2) is 24.3 Å². The van der Waals surface area contributed by atoms with E-state index in [2.05, 4.69) is 0 Å². The fourth-order valence-corrected chi connectivity index (χ4v) is 3.50. The lowest BCUT2D eigenvalue weighted by Crippen LogP contribution is -2.40. The SMILES string of the molecule is COc1ccccc1C(=O)COC(=O)C1CCN(S(C)(=O)=O)CC1. The van der Waals surface area contributed by atoms with Crippen LogP contribution < -0.4 is 4.74 Å². The molecule has 24 heavy (non-hydrogen) atoms. The van der Waals surface area contributed by atoms with Gasteiger partial charge in [0.15, 0.2) is 6.61 Å². The van der Waals surface area contributed by atoms with E-state index in [0.29, 0.717) is 37.2 Å². The fourth-order valence-electron chi connectivity index (χ4n) is 2.63. The summed E-state index contributed by atoms with van der Waals surface area (Å²) >= 11 is 0. The van der Waals surface area contributed by atoms with Crippen LogP contribution in [-0.2, 0) is 19.6 Å². The number of nitrogens with zero attached hydrogens (tertiary/aromatic N) is 1. The highest BCUT2D eigenvalue weighted by atomic mass is 32.2. The van der Waals surface area contributed by atoms with E-state index >= 15 is 0 Å². The third-order valence-electron chi connectivity index (χ3n) is 4.01. The van der Waals surface area contributed by atoms with E-state index in [-0.39, 0.29) is 18.3 Å². The standard InChI is InChI=1S/C16H21NO6S/c1-22-15-6-4-3-5-13(15)14(18)11-23-16(19)12-7-9-17(10-8-12)24(2,20)21/h3-6,12H,7-11H2,1-2H3. The van der Waals surface area contributed by atoms with Gasteiger partial charge >= 0.3 is 5.97 Å². The summed E-state index contributed by atoms with van der Waals surface area (Å²) < 4.78 is 34.5. The summed E-state index contributed by atoms with van der Waals surface area (Å²) in [6.07, 6.45) is 1.95. The van der Waals surface area contributed by atoms with Gasteiger partial charge in [-0.3, -0.25) is 9.59 Å². The molecule has 1 heterocycles. The number of para-hydroxylation sites is 1. The topological polar surface area (TPSA) is 90.0 Å². The first-order valence-corrected chi connectivity index (χ1v) is 9.45. The molecule has 1 fully saturated rings. The lowest BCUT2D eigenvalue weighted by Gasteiger charge is -2.28. The number of benzene rings is 1. The van der Waals surface area contributed by atoms with Crippen molar-refractivity contribution < 1.29 is 27.5 Å². The number of ketones is 1. The number of hydrogen-bond donors (Lipinski definition) is 0. The van der Waals surface area contributed by atoms with Gasteiger partial charge < -0.3 is 9.47 Å². The van der Waals surface area contributed by atoms with Gasteiger partial charge in [0.1, 0.15) is 5.75 Å². The Labute approximate surface area is 141 Å². The maximum Gasteiger partial charge on any atom is 0.309 e. The van der Waals surface area contributed by atoms with Gasteiger partial charge in [-0.05, 0) is 25.0 Å². The minimum Gasteiger partial charge on any atom is -0.496 e. The van der Waals surface area contributed by atoms with Crippen LogP contribution in [0.1, 0.15) is 23.2 Å². The number of piperidine rings is 1. The summed E-state index contributed by atoms with van der Waals surface area (Å²) in [6, 6.07) is 6.73. The molecule has 1 saturated heterocycles. The van der Waals surface area contributed by atoms with E-state index in [1.54, 1.807) is 24.3 Å². The molecule has 0 atom stereocenters. The molecule has 1 aromatic rings. The summed E-state index contributed by atoms with van der Waals surface area (Å²) in [7, 11) is -1.77. The number of Topliss-reactive ketones (excluding diaryl/α,β-unsaturated/α-hetero) is 1. The predicted molar refractivity (Wildman–Crippen MR) is 87.4 cm³/mol. The van der Waals surface area contributed by atoms with E-state index in [1.807, 2.05) is 0 Å². The quantitative estimate of drug-likeness (QED) is 0.560. The van der Waals surface area contributed by atoms with Gasteiger partial charge in [0.05, 0.1) is 24.8 Å². The second-order valence-corrected chi connectivity index (χ2v) is 7.65. The van der Waals surface area contributed by atoms with Crippen molar-refractivity contribution in [2.45, 2.75) is 12.8 Å². The van der Waals surface area contributed by atoms with Gasteiger partial charge in [-0.15, -0.1) is 0 Å². The van der Waals surface area contributed by atoms with Gasteiger partial charge in [0.25, 0.3) is 0 Å². The Kier molecular flexibility index (Phi) is 5.95. The van der Waals surface area contributed by atoms with Crippen molar-refractivity contribution in [1.29, 1.82) is 0 Å². The second-order valence-electron chi connectivity index (χ2n) is 5.67.